The van der Waals surface area contributed by atoms with Gasteiger partial charge >= 0.3 is 0 Å². The highest BCUT2D eigenvalue weighted by Gasteiger charge is 2.12. The van der Waals surface area contributed by atoms with Gasteiger partial charge in [-0.2, -0.15) is 0 Å². The lowest BCUT2D eigenvalue weighted by Crippen LogP contribution is -2.12. The van der Waals surface area contributed by atoms with Gasteiger partial charge in [-0.05, 0) is 52.9 Å². The van der Waals surface area contributed by atoms with E-state index >= 15 is 0 Å². The molecule has 0 unspecified atom stereocenters. The van der Waals surface area contributed by atoms with Gasteiger partial charge in [0.15, 0.2) is 0 Å². The number of hydrogen-bond donors (Lipinski definition) is 2. The zero-order valence-electron chi connectivity index (χ0n) is 9.15. The molecule has 1 amide bonds. The molecule has 3 nitrogen and oxygen atoms in total. The summed E-state index contributed by atoms with van der Waals surface area (Å²) in [6.07, 6.45) is 0. The first-order valence-corrected chi connectivity index (χ1v) is 6.58. The van der Waals surface area contributed by atoms with Crippen molar-refractivity contribution >= 4 is 45.8 Å². The SMILES string of the molecule is O=C(Nc1cc(I)ccc1Cl)c1ccccc1O. The lowest BCUT2D eigenvalue weighted by atomic mass is 10.2. The molecule has 0 aliphatic heterocycles. The number of para-hydroxylation sites is 1. The molecular formula is C13H9ClINO2. The van der Waals surface area contributed by atoms with Crippen LogP contribution in [0.25, 0.3) is 0 Å². The fourth-order valence-electron chi connectivity index (χ4n) is 1.45. The van der Waals surface area contributed by atoms with E-state index in [9.17, 15) is 9.90 Å². The van der Waals surface area contributed by atoms with Crippen LogP contribution in [0, 0.1) is 3.57 Å². The molecule has 92 valence electrons. The van der Waals surface area contributed by atoms with Crippen LogP contribution in [0.2, 0.25) is 5.02 Å². The number of phenolic OH excluding ortho intramolecular Hbond substituents is 1. The van der Waals surface area contributed by atoms with Gasteiger partial charge in [-0.25, -0.2) is 0 Å². The number of rotatable bonds is 2. The fourth-order valence-corrected chi connectivity index (χ4v) is 2.10. The molecule has 0 bridgehead atoms. The Kier molecular flexibility index (Phi) is 4.08. The fraction of sp³-hybridized carbons (Fsp3) is 0. The van der Waals surface area contributed by atoms with E-state index in [1.54, 1.807) is 30.3 Å². The van der Waals surface area contributed by atoms with Crippen molar-refractivity contribution in [1.82, 2.24) is 0 Å². The maximum Gasteiger partial charge on any atom is 0.259 e. The van der Waals surface area contributed by atoms with Crippen LogP contribution in [0.5, 0.6) is 5.75 Å². The summed E-state index contributed by atoms with van der Waals surface area (Å²) in [7, 11) is 0. The van der Waals surface area contributed by atoms with Crippen molar-refractivity contribution in [3.63, 3.8) is 0 Å². The molecule has 0 atom stereocenters. The third-order valence-corrected chi connectivity index (χ3v) is 3.33. The van der Waals surface area contributed by atoms with E-state index in [4.69, 9.17) is 11.6 Å². The number of nitrogens with one attached hydrogen (secondary N) is 1. The van der Waals surface area contributed by atoms with Gasteiger partial charge in [0.25, 0.3) is 5.91 Å². The van der Waals surface area contributed by atoms with E-state index in [2.05, 4.69) is 27.9 Å². The molecule has 0 aromatic heterocycles. The Hall–Kier alpha value is -1.27. The zero-order chi connectivity index (χ0) is 13.1. The number of amides is 1. The summed E-state index contributed by atoms with van der Waals surface area (Å²) in [5.41, 5.74) is 0.740. The normalized spacial score (nSPS) is 10.1. The summed E-state index contributed by atoms with van der Waals surface area (Å²) in [6.45, 7) is 0. The number of hydrogen-bond acceptors (Lipinski definition) is 2. The van der Waals surface area contributed by atoms with Gasteiger partial charge in [0, 0.05) is 3.57 Å². The molecular weight excluding hydrogens is 365 g/mol. The molecule has 0 aliphatic rings. The van der Waals surface area contributed by atoms with Crippen LogP contribution in [0.15, 0.2) is 42.5 Å². The van der Waals surface area contributed by atoms with Crippen LogP contribution < -0.4 is 5.32 Å². The molecule has 0 saturated carbocycles. The standard InChI is InChI=1S/C13H9ClINO2/c14-10-6-5-8(15)7-11(10)16-13(18)9-3-1-2-4-12(9)17/h1-7,17H,(H,16,18). The van der Waals surface area contributed by atoms with Crippen LogP contribution in [-0.2, 0) is 0 Å². The van der Waals surface area contributed by atoms with E-state index in [0.29, 0.717) is 10.7 Å². The quantitative estimate of drug-likeness (QED) is 0.784. The zero-order valence-corrected chi connectivity index (χ0v) is 12.1. The molecule has 0 radical (unpaired) electrons. The molecule has 0 heterocycles. The van der Waals surface area contributed by atoms with Gasteiger partial charge in [-0.3, -0.25) is 4.79 Å². The van der Waals surface area contributed by atoms with E-state index < -0.39 is 5.91 Å². The molecule has 2 aromatic rings. The first-order chi connectivity index (χ1) is 8.58. The Morgan fingerprint density at radius 1 is 1.22 bits per heavy atom. The predicted octanol–water partition coefficient (Wildman–Crippen LogP) is 3.90. The van der Waals surface area contributed by atoms with Gasteiger partial charge in [-0.1, -0.05) is 23.7 Å². The van der Waals surface area contributed by atoms with E-state index in [0.717, 1.165) is 3.57 Å². The van der Waals surface area contributed by atoms with Crippen LogP contribution in [0.1, 0.15) is 10.4 Å². The van der Waals surface area contributed by atoms with Gasteiger partial charge in [0.2, 0.25) is 0 Å². The molecule has 0 saturated heterocycles. The molecule has 0 aliphatic carbocycles. The lowest BCUT2D eigenvalue weighted by molar-refractivity contribution is 0.102. The number of phenols is 1. The number of anilines is 1. The predicted molar refractivity (Wildman–Crippen MR) is 80.2 cm³/mol. The molecule has 18 heavy (non-hydrogen) atoms. The van der Waals surface area contributed by atoms with Crippen molar-refractivity contribution in [3.8, 4) is 5.75 Å². The summed E-state index contributed by atoms with van der Waals surface area (Å²) in [4.78, 5) is 12.0. The van der Waals surface area contributed by atoms with Crippen molar-refractivity contribution in [2.75, 3.05) is 5.32 Å². The highest BCUT2D eigenvalue weighted by atomic mass is 127. The average Bonchev–Trinajstić information content (AvgIpc) is 2.34. The third kappa shape index (κ3) is 2.94. The summed E-state index contributed by atoms with van der Waals surface area (Å²) >= 11 is 8.12. The second kappa shape index (κ2) is 5.58. The Balaban J connectivity index is 2.27. The molecule has 2 rings (SSSR count). The maximum absolute atomic E-state index is 12.0. The van der Waals surface area contributed by atoms with Crippen LogP contribution in [0.3, 0.4) is 0 Å². The molecule has 0 fully saturated rings. The summed E-state index contributed by atoms with van der Waals surface area (Å²) in [5.74, 6) is -0.450. The number of benzene rings is 2. The smallest absolute Gasteiger partial charge is 0.259 e. The van der Waals surface area contributed by atoms with Gasteiger partial charge in [0.1, 0.15) is 5.75 Å². The minimum absolute atomic E-state index is 0.0586. The maximum atomic E-state index is 12.0. The summed E-state index contributed by atoms with van der Waals surface area (Å²) in [6, 6.07) is 11.7. The Bertz CT molecular complexity index is 601. The number of carbonyl (C=O) groups is 1. The van der Waals surface area contributed by atoms with E-state index in [1.807, 2.05) is 6.07 Å². The Labute approximate surface area is 123 Å². The summed E-state index contributed by atoms with van der Waals surface area (Å²) < 4.78 is 0.963. The van der Waals surface area contributed by atoms with Crippen LogP contribution in [0.4, 0.5) is 5.69 Å². The number of aromatic hydroxyl groups is 1. The Morgan fingerprint density at radius 3 is 2.67 bits per heavy atom. The van der Waals surface area contributed by atoms with E-state index in [1.165, 1.54) is 6.07 Å². The first kappa shape index (κ1) is 13.2. The number of halogens is 2. The van der Waals surface area contributed by atoms with Gasteiger partial charge in [0.05, 0.1) is 16.3 Å². The highest BCUT2D eigenvalue weighted by molar-refractivity contribution is 14.1. The molecule has 2 N–H and O–H groups in total. The second-order valence-corrected chi connectivity index (χ2v) is 5.25. The third-order valence-electron chi connectivity index (χ3n) is 2.33. The van der Waals surface area contributed by atoms with Crippen LogP contribution in [-0.4, -0.2) is 11.0 Å². The van der Waals surface area contributed by atoms with Crippen LogP contribution >= 0.6 is 34.2 Å². The van der Waals surface area contributed by atoms with E-state index in [-0.39, 0.29) is 11.3 Å². The molecule has 5 heteroatoms. The monoisotopic (exact) mass is 373 g/mol. The van der Waals surface area contributed by atoms with Gasteiger partial charge in [-0.15, -0.1) is 0 Å². The first-order valence-electron chi connectivity index (χ1n) is 5.12. The van der Waals surface area contributed by atoms with Crippen molar-refractivity contribution in [2.45, 2.75) is 0 Å². The van der Waals surface area contributed by atoms with Crippen molar-refractivity contribution < 1.29 is 9.90 Å². The van der Waals surface area contributed by atoms with Crippen molar-refractivity contribution in [3.05, 3.63) is 56.6 Å². The minimum atomic E-state index is -0.392. The van der Waals surface area contributed by atoms with Crippen molar-refractivity contribution in [1.29, 1.82) is 0 Å². The summed E-state index contributed by atoms with van der Waals surface area (Å²) in [5, 5.41) is 12.7. The largest absolute Gasteiger partial charge is 0.507 e. The number of carbonyl (C=O) groups excluding carboxylic acids is 1. The van der Waals surface area contributed by atoms with Crippen molar-refractivity contribution in [2.24, 2.45) is 0 Å². The second-order valence-electron chi connectivity index (χ2n) is 3.60. The Morgan fingerprint density at radius 2 is 1.94 bits per heavy atom. The lowest BCUT2D eigenvalue weighted by Gasteiger charge is -2.08. The molecule has 2 aromatic carbocycles. The topological polar surface area (TPSA) is 49.3 Å². The minimum Gasteiger partial charge on any atom is -0.507 e. The average molecular weight is 374 g/mol. The highest BCUT2D eigenvalue weighted by Crippen LogP contribution is 2.25. The van der Waals surface area contributed by atoms with Gasteiger partial charge < -0.3 is 10.4 Å². The molecule has 0 spiro atoms.